The van der Waals surface area contributed by atoms with Crippen LogP contribution >= 0.6 is 11.6 Å². The normalized spacial score (nSPS) is 11.3. The fourth-order valence-corrected chi connectivity index (χ4v) is 3.29. The quantitative estimate of drug-likeness (QED) is 0.379. The summed E-state index contributed by atoms with van der Waals surface area (Å²) >= 11 is 6.05. The third-order valence-corrected chi connectivity index (χ3v) is 4.80. The molecule has 0 spiro atoms. The Bertz CT molecular complexity index is 1220. The zero-order valence-corrected chi connectivity index (χ0v) is 17.1. The molecule has 7 heteroatoms. The van der Waals surface area contributed by atoms with Crippen LogP contribution in [0.5, 0.6) is 5.75 Å². The highest BCUT2D eigenvalue weighted by Crippen LogP contribution is 2.21. The third kappa shape index (κ3) is 4.39. The minimum Gasteiger partial charge on any atom is -0.489 e. The van der Waals surface area contributed by atoms with Gasteiger partial charge in [-0.15, -0.1) is 5.11 Å². The number of rotatable bonds is 6. The van der Waals surface area contributed by atoms with Crippen molar-refractivity contribution in [1.29, 1.82) is 0 Å². The van der Waals surface area contributed by atoms with E-state index in [0.717, 1.165) is 11.1 Å². The average molecular weight is 419 g/mol. The number of carbonyl (C=O) groups excluding carboxylic acids is 1. The van der Waals surface area contributed by atoms with E-state index in [1.807, 2.05) is 54.6 Å². The van der Waals surface area contributed by atoms with E-state index in [0.29, 0.717) is 34.4 Å². The van der Waals surface area contributed by atoms with Crippen LogP contribution in [0, 0.1) is 6.92 Å². The van der Waals surface area contributed by atoms with Crippen LogP contribution in [0.15, 0.2) is 83.2 Å². The minimum absolute atomic E-state index is 0.229. The van der Waals surface area contributed by atoms with Gasteiger partial charge in [-0.3, -0.25) is 9.20 Å². The molecule has 2 aromatic carbocycles. The van der Waals surface area contributed by atoms with Crippen molar-refractivity contribution < 1.29 is 9.53 Å². The summed E-state index contributed by atoms with van der Waals surface area (Å²) in [5.41, 5.74) is 3.49. The molecule has 0 aliphatic heterocycles. The van der Waals surface area contributed by atoms with Gasteiger partial charge in [0.25, 0.3) is 0 Å². The molecule has 4 aromatic rings. The highest BCUT2D eigenvalue weighted by atomic mass is 35.5. The van der Waals surface area contributed by atoms with Gasteiger partial charge in [0.05, 0.1) is 17.3 Å². The second-order valence-corrected chi connectivity index (χ2v) is 7.14. The zero-order chi connectivity index (χ0) is 20.9. The van der Waals surface area contributed by atoms with E-state index in [-0.39, 0.29) is 6.54 Å². The molecule has 2 aromatic heterocycles. The van der Waals surface area contributed by atoms with E-state index in [1.165, 1.54) is 0 Å². The largest absolute Gasteiger partial charge is 0.489 e. The predicted molar refractivity (Wildman–Crippen MR) is 115 cm³/mol. The van der Waals surface area contributed by atoms with Gasteiger partial charge in [0.2, 0.25) is 0 Å². The number of ether oxygens (including phenoxy) is 1. The van der Waals surface area contributed by atoms with Gasteiger partial charge < -0.3 is 4.74 Å². The number of para-hydroxylation sites is 1. The molecule has 0 aliphatic rings. The van der Waals surface area contributed by atoms with Gasteiger partial charge in [-0.2, -0.15) is 5.11 Å². The molecule has 150 valence electrons. The summed E-state index contributed by atoms with van der Waals surface area (Å²) < 4.78 is 7.56. The number of imidazole rings is 1. The van der Waals surface area contributed by atoms with Crippen molar-refractivity contribution in [2.75, 3.05) is 0 Å². The van der Waals surface area contributed by atoms with E-state index in [1.54, 1.807) is 29.7 Å². The van der Waals surface area contributed by atoms with Gasteiger partial charge in [-0.05, 0) is 30.7 Å². The number of amides is 1. The molecule has 0 N–H and O–H groups in total. The Hall–Kier alpha value is -3.51. The first-order valence-electron chi connectivity index (χ1n) is 9.42. The monoisotopic (exact) mass is 418 g/mol. The number of nitrogens with zero attached hydrogens (tertiary/aromatic N) is 4. The van der Waals surface area contributed by atoms with Crippen molar-refractivity contribution in [1.82, 2.24) is 9.38 Å². The molecule has 0 saturated carbocycles. The Kier molecular flexibility index (Phi) is 5.86. The Morgan fingerprint density at radius 1 is 1.07 bits per heavy atom. The molecule has 1 amide bonds. The molecule has 2 heterocycles. The second-order valence-electron chi connectivity index (χ2n) is 6.71. The van der Waals surface area contributed by atoms with E-state index in [4.69, 9.17) is 16.3 Å². The number of pyridine rings is 1. The molecule has 4 rings (SSSR count). The fraction of sp³-hybridized carbons (Fsp3) is 0.130. The molecule has 6 nitrogen and oxygen atoms in total. The Morgan fingerprint density at radius 3 is 2.67 bits per heavy atom. The van der Waals surface area contributed by atoms with Crippen LogP contribution in [-0.4, -0.2) is 15.3 Å². The molecule has 0 atom stereocenters. The first-order chi connectivity index (χ1) is 14.6. The predicted octanol–water partition coefficient (Wildman–Crippen LogP) is 5.67. The average Bonchev–Trinajstić information content (AvgIpc) is 3.08. The number of halogens is 1. The van der Waals surface area contributed by atoms with Crippen molar-refractivity contribution >= 4 is 23.2 Å². The van der Waals surface area contributed by atoms with Crippen molar-refractivity contribution in [3.05, 3.63) is 100 Å². The number of aryl methyl sites for hydroxylation is 1. The van der Waals surface area contributed by atoms with E-state index < -0.39 is 5.91 Å². The summed E-state index contributed by atoms with van der Waals surface area (Å²) in [5.74, 6) is 0.246. The summed E-state index contributed by atoms with van der Waals surface area (Å²) in [6.07, 6.45) is 1.65. The Balaban J connectivity index is 1.48. The molecule has 0 fully saturated rings. The lowest BCUT2D eigenvalue weighted by molar-refractivity contribution is 0.0987. The lowest BCUT2D eigenvalue weighted by Gasteiger charge is -2.09. The minimum atomic E-state index is -0.468. The maximum Gasteiger partial charge on any atom is 0.313 e. The summed E-state index contributed by atoms with van der Waals surface area (Å²) in [6.45, 7) is 2.44. The molecule has 0 bridgehead atoms. The number of hydrogen-bond donors (Lipinski definition) is 0. The van der Waals surface area contributed by atoms with Crippen LogP contribution in [0.1, 0.15) is 27.3 Å². The van der Waals surface area contributed by atoms with Crippen LogP contribution in [0.4, 0.5) is 0 Å². The van der Waals surface area contributed by atoms with Crippen molar-refractivity contribution in [3.63, 3.8) is 0 Å². The van der Waals surface area contributed by atoms with E-state index in [9.17, 15) is 4.79 Å². The zero-order valence-electron chi connectivity index (χ0n) is 16.3. The Morgan fingerprint density at radius 2 is 1.83 bits per heavy atom. The van der Waals surface area contributed by atoms with Crippen LogP contribution in [-0.2, 0) is 13.2 Å². The van der Waals surface area contributed by atoms with E-state index >= 15 is 0 Å². The first kappa shape index (κ1) is 19.8. The number of azo groups is 1. The van der Waals surface area contributed by atoms with Gasteiger partial charge in [0.1, 0.15) is 23.7 Å². The lowest BCUT2D eigenvalue weighted by Crippen LogP contribution is -2.02. The van der Waals surface area contributed by atoms with Crippen LogP contribution in [0.25, 0.3) is 5.65 Å². The van der Waals surface area contributed by atoms with Crippen molar-refractivity contribution in [3.8, 4) is 5.75 Å². The number of hydrogen-bond acceptors (Lipinski definition) is 4. The molecular weight excluding hydrogens is 400 g/mol. The summed E-state index contributed by atoms with van der Waals surface area (Å²) in [7, 11) is 0. The maximum atomic E-state index is 12.6. The topological polar surface area (TPSA) is 68.3 Å². The van der Waals surface area contributed by atoms with Gasteiger partial charge in [0.15, 0.2) is 0 Å². The Labute approximate surface area is 178 Å². The van der Waals surface area contributed by atoms with Gasteiger partial charge >= 0.3 is 5.91 Å². The number of benzene rings is 2. The highest BCUT2D eigenvalue weighted by molar-refractivity contribution is 6.30. The van der Waals surface area contributed by atoms with Crippen molar-refractivity contribution in [2.24, 2.45) is 10.2 Å². The fourth-order valence-electron chi connectivity index (χ4n) is 3.13. The van der Waals surface area contributed by atoms with Crippen LogP contribution < -0.4 is 4.74 Å². The molecule has 0 saturated heterocycles. The molecule has 0 aliphatic carbocycles. The third-order valence-electron chi connectivity index (χ3n) is 4.57. The van der Waals surface area contributed by atoms with E-state index in [2.05, 4.69) is 15.2 Å². The number of aromatic nitrogens is 2. The molecule has 0 unspecified atom stereocenters. The van der Waals surface area contributed by atoms with Crippen LogP contribution in [0.3, 0.4) is 0 Å². The van der Waals surface area contributed by atoms with Crippen LogP contribution in [0.2, 0.25) is 5.02 Å². The molecule has 0 radical (unpaired) electrons. The summed E-state index contributed by atoms with van der Waals surface area (Å²) in [6, 6.07) is 21.0. The maximum absolute atomic E-state index is 12.6. The van der Waals surface area contributed by atoms with Crippen molar-refractivity contribution in [2.45, 2.75) is 20.1 Å². The standard InChI is InChI=1S/C23H19ClN4O2/c1-16-22(28-14-19(24)11-12-21(28)26-16)23(29)27-25-13-18-9-5-6-10-20(18)30-15-17-7-3-2-4-8-17/h2-12,14H,13,15H2,1H3. The molecular formula is C23H19ClN4O2. The smallest absolute Gasteiger partial charge is 0.313 e. The first-order valence-corrected chi connectivity index (χ1v) is 9.80. The van der Waals surface area contributed by atoms with Gasteiger partial charge in [-0.1, -0.05) is 60.1 Å². The van der Waals surface area contributed by atoms with Gasteiger partial charge in [-0.25, -0.2) is 4.98 Å². The number of carbonyl (C=O) groups is 1. The highest BCUT2D eigenvalue weighted by Gasteiger charge is 2.16. The lowest BCUT2D eigenvalue weighted by atomic mass is 10.2. The number of fused-ring (bicyclic) bond motifs is 1. The SMILES string of the molecule is Cc1nc2ccc(Cl)cn2c1C(=O)N=NCc1ccccc1OCc1ccccc1. The summed E-state index contributed by atoms with van der Waals surface area (Å²) in [5, 5.41) is 8.50. The molecule has 30 heavy (non-hydrogen) atoms. The second kappa shape index (κ2) is 8.88. The van der Waals surface area contributed by atoms with Gasteiger partial charge in [0, 0.05) is 11.8 Å². The summed E-state index contributed by atoms with van der Waals surface area (Å²) in [4.78, 5) is 17.0.